The summed E-state index contributed by atoms with van der Waals surface area (Å²) in [4.78, 5) is 2.19. The Morgan fingerprint density at radius 2 is 1.48 bits per heavy atom. The third-order valence-corrected chi connectivity index (χ3v) is 3.86. The lowest BCUT2D eigenvalue weighted by atomic mass is 10.0. The maximum absolute atomic E-state index is 9.48. The summed E-state index contributed by atoms with van der Waals surface area (Å²) in [6.07, 6.45) is 0. The van der Waals surface area contributed by atoms with Gasteiger partial charge in [0, 0.05) is 24.8 Å². The van der Waals surface area contributed by atoms with Crippen molar-refractivity contribution >= 4 is 16.5 Å². The van der Waals surface area contributed by atoms with Gasteiger partial charge in [-0.05, 0) is 22.4 Å². The van der Waals surface area contributed by atoms with Gasteiger partial charge in [-0.25, -0.2) is 0 Å². The standard InChI is InChI=1S/C19H19NO/c1-20(19-12-5-3-8-17(19)14-21)13-16-10-6-9-15-7-2-4-11-18(15)16/h2-12,21H,13-14H2,1H3. The second-order valence-corrected chi connectivity index (χ2v) is 5.28. The molecule has 0 unspecified atom stereocenters. The van der Waals surface area contributed by atoms with E-state index in [2.05, 4.69) is 60.5 Å². The molecule has 0 aliphatic carbocycles. The first-order chi connectivity index (χ1) is 10.3. The number of anilines is 1. The van der Waals surface area contributed by atoms with E-state index in [4.69, 9.17) is 0 Å². The maximum atomic E-state index is 9.48. The van der Waals surface area contributed by atoms with Gasteiger partial charge in [0.1, 0.15) is 0 Å². The third kappa shape index (κ3) is 2.76. The predicted molar refractivity (Wildman–Crippen MR) is 88.4 cm³/mol. The fourth-order valence-electron chi connectivity index (χ4n) is 2.79. The van der Waals surface area contributed by atoms with Crippen LogP contribution in [0.25, 0.3) is 10.8 Å². The van der Waals surface area contributed by atoms with Crippen LogP contribution in [0.4, 0.5) is 5.69 Å². The van der Waals surface area contributed by atoms with Crippen LogP contribution in [-0.2, 0) is 13.2 Å². The molecule has 21 heavy (non-hydrogen) atoms. The van der Waals surface area contributed by atoms with E-state index in [1.807, 2.05) is 18.2 Å². The van der Waals surface area contributed by atoms with E-state index in [-0.39, 0.29) is 6.61 Å². The van der Waals surface area contributed by atoms with Crippen LogP contribution < -0.4 is 4.90 Å². The topological polar surface area (TPSA) is 23.5 Å². The van der Waals surface area contributed by atoms with Gasteiger partial charge < -0.3 is 10.0 Å². The summed E-state index contributed by atoms with van der Waals surface area (Å²) in [5.41, 5.74) is 3.33. The predicted octanol–water partition coefficient (Wildman–Crippen LogP) is 3.97. The SMILES string of the molecule is CN(Cc1cccc2ccccc12)c1ccccc1CO. The molecule has 0 aliphatic rings. The van der Waals surface area contributed by atoms with Crippen molar-refractivity contribution in [1.82, 2.24) is 0 Å². The molecule has 0 aromatic heterocycles. The van der Waals surface area contributed by atoms with Crippen LogP contribution in [0.15, 0.2) is 66.7 Å². The van der Waals surface area contributed by atoms with Crippen molar-refractivity contribution in [2.75, 3.05) is 11.9 Å². The third-order valence-electron chi connectivity index (χ3n) is 3.86. The van der Waals surface area contributed by atoms with Crippen molar-refractivity contribution in [2.45, 2.75) is 13.2 Å². The smallest absolute Gasteiger partial charge is 0.0702 e. The number of hydrogen-bond donors (Lipinski definition) is 1. The van der Waals surface area contributed by atoms with Crippen molar-refractivity contribution in [3.05, 3.63) is 77.9 Å². The van der Waals surface area contributed by atoms with Gasteiger partial charge in [-0.2, -0.15) is 0 Å². The van der Waals surface area contributed by atoms with Crippen molar-refractivity contribution < 1.29 is 5.11 Å². The highest BCUT2D eigenvalue weighted by atomic mass is 16.3. The number of hydrogen-bond acceptors (Lipinski definition) is 2. The van der Waals surface area contributed by atoms with Crippen LogP contribution in [0, 0.1) is 0 Å². The fourth-order valence-corrected chi connectivity index (χ4v) is 2.79. The van der Waals surface area contributed by atoms with E-state index in [0.29, 0.717) is 0 Å². The summed E-state index contributed by atoms with van der Waals surface area (Å²) in [5, 5.41) is 12.0. The molecule has 0 saturated carbocycles. The molecule has 0 radical (unpaired) electrons. The van der Waals surface area contributed by atoms with Gasteiger partial charge in [0.15, 0.2) is 0 Å². The van der Waals surface area contributed by atoms with E-state index >= 15 is 0 Å². The molecule has 0 aliphatic heterocycles. The number of para-hydroxylation sites is 1. The Balaban J connectivity index is 1.95. The molecule has 2 nitrogen and oxygen atoms in total. The molecular weight excluding hydrogens is 258 g/mol. The summed E-state index contributed by atoms with van der Waals surface area (Å²) in [6.45, 7) is 0.883. The zero-order chi connectivity index (χ0) is 14.7. The summed E-state index contributed by atoms with van der Waals surface area (Å²) in [7, 11) is 2.07. The molecule has 0 atom stereocenters. The highest BCUT2D eigenvalue weighted by molar-refractivity contribution is 5.85. The molecule has 0 heterocycles. The van der Waals surface area contributed by atoms with Crippen LogP contribution in [0.5, 0.6) is 0 Å². The van der Waals surface area contributed by atoms with Gasteiger partial charge >= 0.3 is 0 Å². The van der Waals surface area contributed by atoms with Gasteiger partial charge in [-0.1, -0.05) is 60.7 Å². The van der Waals surface area contributed by atoms with Crippen molar-refractivity contribution in [3.63, 3.8) is 0 Å². The van der Waals surface area contributed by atoms with Crippen LogP contribution in [0.2, 0.25) is 0 Å². The molecule has 0 bridgehead atoms. The molecule has 3 aromatic carbocycles. The molecule has 3 aromatic rings. The number of aliphatic hydroxyl groups is 1. The zero-order valence-electron chi connectivity index (χ0n) is 12.2. The second-order valence-electron chi connectivity index (χ2n) is 5.28. The first-order valence-electron chi connectivity index (χ1n) is 7.16. The average Bonchev–Trinajstić information content (AvgIpc) is 2.55. The molecule has 0 spiro atoms. The molecule has 3 rings (SSSR count). The van der Waals surface area contributed by atoms with Crippen molar-refractivity contribution in [2.24, 2.45) is 0 Å². The Labute approximate surface area is 125 Å². The number of nitrogens with zero attached hydrogens (tertiary/aromatic N) is 1. The Morgan fingerprint density at radius 1 is 0.810 bits per heavy atom. The monoisotopic (exact) mass is 277 g/mol. The van der Waals surface area contributed by atoms with E-state index in [1.54, 1.807) is 0 Å². The van der Waals surface area contributed by atoms with E-state index < -0.39 is 0 Å². The second kappa shape index (κ2) is 5.98. The van der Waals surface area contributed by atoms with Crippen LogP contribution >= 0.6 is 0 Å². The van der Waals surface area contributed by atoms with Gasteiger partial charge in [0.25, 0.3) is 0 Å². The lowest BCUT2D eigenvalue weighted by Gasteiger charge is -2.22. The van der Waals surface area contributed by atoms with Gasteiger partial charge in [-0.3, -0.25) is 0 Å². The first kappa shape index (κ1) is 13.7. The molecule has 106 valence electrons. The largest absolute Gasteiger partial charge is 0.392 e. The Morgan fingerprint density at radius 3 is 2.33 bits per heavy atom. The van der Waals surface area contributed by atoms with E-state index in [0.717, 1.165) is 17.8 Å². The molecule has 1 N–H and O–H groups in total. The number of rotatable bonds is 4. The van der Waals surface area contributed by atoms with Crippen molar-refractivity contribution in [3.8, 4) is 0 Å². The number of benzene rings is 3. The maximum Gasteiger partial charge on any atom is 0.0702 e. The van der Waals surface area contributed by atoms with Crippen LogP contribution in [0.3, 0.4) is 0 Å². The lowest BCUT2D eigenvalue weighted by Crippen LogP contribution is -2.18. The average molecular weight is 277 g/mol. The quantitative estimate of drug-likeness (QED) is 0.780. The molecule has 0 saturated heterocycles. The van der Waals surface area contributed by atoms with Crippen LogP contribution in [-0.4, -0.2) is 12.2 Å². The highest BCUT2D eigenvalue weighted by Crippen LogP contribution is 2.24. The number of aliphatic hydroxyl groups excluding tert-OH is 1. The zero-order valence-corrected chi connectivity index (χ0v) is 12.2. The van der Waals surface area contributed by atoms with Gasteiger partial charge in [-0.15, -0.1) is 0 Å². The van der Waals surface area contributed by atoms with E-state index in [9.17, 15) is 5.11 Å². The van der Waals surface area contributed by atoms with E-state index in [1.165, 1.54) is 16.3 Å². The molecular formula is C19H19NO. The Kier molecular flexibility index (Phi) is 3.89. The summed E-state index contributed by atoms with van der Waals surface area (Å²) in [5.74, 6) is 0. The summed E-state index contributed by atoms with van der Waals surface area (Å²) < 4.78 is 0. The minimum atomic E-state index is 0.0655. The summed E-state index contributed by atoms with van der Waals surface area (Å²) >= 11 is 0. The number of fused-ring (bicyclic) bond motifs is 1. The minimum Gasteiger partial charge on any atom is -0.392 e. The highest BCUT2D eigenvalue weighted by Gasteiger charge is 2.08. The van der Waals surface area contributed by atoms with Crippen molar-refractivity contribution in [1.29, 1.82) is 0 Å². The molecule has 0 fully saturated rings. The Bertz CT molecular complexity index is 746. The normalized spacial score (nSPS) is 10.8. The fraction of sp³-hybridized carbons (Fsp3) is 0.158. The van der Waals surface area contributed by atoms with Gasteiger partial charge in [0.2, 0.25) is 0 Å². The summed E-state index contributed by atoms with van der Waals surface area (Å²) in [6, 6.07) is 22.8. The minimum absolute atomic E-state index is 0.0655. The molecule has 0 amide bonds. The molecule has 2 heteroatoms. The Hall–Kier alpha value is -2.32. The first-order valence-corrected chi connectivity index (χ1v) is 7.16. The van der Waals surface area contributed by atoms with Gasteiger partial charge in [0.05, 0.1) is 6.61 Å². The van der Waals surface area contributed by atoms with Crippen LogP contribution in [0.1, 0.15) is 11.1 Å². The lowest BCUT2D eigenvalue weighted by molar-refractivity contribution is 0.282.